The lowest BCUT2D eigenvalue weighted by atomic mass is 9.96. The highest BCUT2D eigenvalue weighted by atomic mass is 79.9. The summed E-state index contributed by atoms with van der Waals surface area (Å²) in [7, 11) is 0. The highest BCUT2D eigenvalue weighted by molar-refractivity contribution is 9.10. The molecule has 0 amide bonds. The maximum atomic E-state index is 12.2. The fraction of sp³-hybridized carbons (Fsp3) is 0.286. The van der Waals surface area contributed by atoms with Crippen molar-refractivity contribution in [3.63, 3.8) is 0 Å². The van der Waals surface area contributed by atoms with Crippen LogP contribution >= 0.6 is 28.1 Å². The van der Waals surface area contributed by atoms with Crippen molar-refractivity contribution in [3.8, 4) is 0 Å². The van der Waals surface area contributed by atoms with Gasteiger partial charge >= 0.3 is 5.97 Å². The third kappa shape index (κ3) is 3.02. The lowest BCUT2D eigenvalue weighted by molar-refractivity contribution is -0.139. The monoisotopic (exact) mass is 354 g/mol. The first kappa shape index (κ1) is 15.0. The van der Waals surface area contributed by atoms with Gasteiger partial charge in [-0.3, -0.25) is 0 Å². The topological polar surface area (TPSA) is 50.4 Å². The Labute approximate surface area is 131 Å². The van der Waals surface area contributed by atoms with Crippen LogP contribution in [-0.4, -0.2) is 17.7 Å². The molecule has 1 atom stereocenters. The number of ether oxygens (including phenoxy) is 1. The van der Waals surface area contributed by atoms with Gasteiger partial charge in [-0.15, -0.1) is 0 Å². The fourth-order valence-corrected chi connectivity index (χ4v) is 2.90. The second kappa shape index (κ2) is 6.37. The molecule has 0 saturated carbocycles. The minimum atomic E-state index is -0.340. The quantitative estimate of drug-likeness (QED) is 0.645. The zero-order valence-corrected chi connectivity index (χ0v) is 13.6. The van der Waals surface area contributed by atoms with E-state index in [0.29, 0.717) is 23.0 Å². The smallest absolute Gasteiger partial charge is 0.338 e. The van der Waals surface area contributed by atoms with Gasteiger partial charge in [-0.2, -0.15) is 0 Å². The summed E-state index contributed by atoms with van der Waals surface area (Å²) in [4.78, 5) is 12.2. The molecule has 0 spiro atoms. The third-order valence-electron chi connectivity index (χ3n) is 2.98. The average molecular weight is 355 g/mol. The molecule has 1 aliphatic heterocycles. The van der Waals surface area contributed by atoms with Gasteiger partial charge in [0.05, 0.1) is 18.2 Å². The maximum Gasteiger partial charge on any atom is 0.338 e. The van der Waals surface area contributed by atoms with Gasteiger partial charge in [0.15, 0.2) is 5.11 Å². The van der Waals surface area contributed by atoms with Crippen molar-refractivity contribution in [1.82, 2.24) is 10.6 Å². The number of benzene rings is 1. The van der Waals surface area contributed by atoms with Gasteiger partial charge in [0.25, 0.3) is 0 Å². The van der Waals surface area contributed by atoms with Crippen LogP contribution in [0.5, 0.6) is 0 Å². The second-order valence-corrected chi connectivity index (χ2v) is 5.57. The lowest BCUT2D eigenvalue weighted by Crippen LogP contribution is -2.45. The number of halogens is 1. The highest BCUT2D eigenvalue weighted by Crippen LogP contribution is 2.32. The number of esters is 1. The molecule has 0 radical (unpaired) electrons. The molecule has 0 aliphatic carbocycles. The van der Waals surface area contributed by atoms with Crippen molar-refractivity contribution in [1.29, 1.82) is 0 Å². The zero-order chi connectivity index (χ0) is 14.7. The fourth-order valence-electron chi connectivity index (χ4n) is 2.12. The number of rotatable bonds is 3. The van der Waals surface area contributed by atoms with Crippen molar-refractivity contribution in [3.05, 3.63) is 45.6 Å². The number of nitrogens with one attached hydrogen (secondary N) is 2. The molecule has 2 N–H and O–H groups in total. The molecular weight excluding hydrogens is 340 g/mol. The highest BCUT2D eigenvalue weighted by Gasteiger charge is 2.31. The molecule has 20 heavy (non-hydrogen) atoms. The first-order valence-corrected chi connectivity index (χ1v) is 7.44. The van der Waals surface area contributed by atoms with Crippen LogP contribution in [0.15, 0.2) is 40.0 Å². The molecule has 1 aromatic rings. The number of allylic oxidation sites excluding steroid dienone is 1. The molecule has 0 bridgehead atoms. The van der Waals surface area contributed by atoms with Crippen LogP contribution in [0.25, 0.3) is 0 Å². The van der Waals surface area contributed by atoms with Crippen LogP contribution in [0.1, 0.15) is 25.5 Å². The Morgan fingerprint density at radius 2 is 2.15 bits per heavy atom. The van der Waals surface area contributed by atoms with E-state index in [1.54, 1.807) is 6.92 Å². The van der Waals surface area contributed by atoms with Crippen LogP contribution in [0.3, 0.4) is 0 Å². The molecule has 0 fully saturated rings. The van der Waals surface area contributed by atoms with Gasteiger partial charge in [0.1, 0.15) is 0 Å². The van der Waals surface area contributed by atoms with Gasteiger partial charge in [0, 0.05) is 10.2 Å². The predicted molar refractivity (Wildman–Crippen MR) is 85.1 cm³/mol. The minimum Gasteiger partial charge on any atom is -0.463 e. The predicted octanol–water partition coefficient (Wildman–Crippen LogP) is 2.81. The zero-order valence-electron chi connectivity index (χ0n) is 11.2. The number of carbonyl (C=O) groups excluding carboxylic acids is 1. The van der Waals surface area contributed by atoms with Gasteiger partial charge in [-0.1, -0.05) is 34.1 Å². The Morgan fingerprint density at radius 3 is 2.80 bits per heavy atom. The van der Waals surface area contributed by atoms with Crippen LogP contribution < -0.4 is 10.6 Å². The summed E-state index contributed by atoms with van der Waals surface area (Å²) in [6.07, 6.45) is 0. The van der Waals surface area contributed by atoms with E-state index in [-0.39, 0.29) is 12.0 Å². The normalized spacial score (nSPS) is 18.4. The molecule has 106 valence electrons. The third-order valence-corrected chi connectivity index (χ3v) is 3.92. The van der Waals surface area contributed by atoms with Crippen molar-refractivity contribution in [2.75, 3.05) is 6.61 Å². The summed E-state index contributed by atoms with van der Waals surface area (Å²) in [5.74, 6) is -0.340. The average Bonchev–Trinajstić information content (AvgIpc) is 2.38. The molecule has 6 heteroatoms. The minimum absolute atomic E-state index is 0.321. The van der Waals surface area contributed by atoms with Crippen molar-refractivity contribution >= 4 is 39.2 Å². The first-order chi connectivity index (χ1) is 9.54. The van der Waals surface area contributed by atoms with Crippen LogP contribution in [0.2, 0.25) is 0 Å². The molecule has 0 saturated heterocycles. The number of hydrogen-bond donors (Lipinski definition) is 2. The SMILES string of the molecule is CCOC(=O)C1=C(C)NC(=S)N[C@@H]1c1ccccc1Br. The summed E-state index contributed by atoms with van der Waals surface area (Å²) in [6.45, 7) is 3.95. The molecule has 1 aromatic carbocycles. The summed E-state index contributed by atoms with van der Waals surface area (Å²) < 4.78 is 6.06. The van der Waals surface area contributed by atoms with E-state index in [2.05, 4.69) is 26.6 Å². The van der Waals surface area contributed by atoms with E-state index in [4.69, 9.17) is 17.0 Å². The largest absolute Gasteiger partial charge is 0.463 e. The summed E-state index contributed by atoms with van der Waals surface area (Å²) in [5.41, 5.74) is 2.21. The van der Waals surface area contributed by atoms with Crippen molar-refractivity contribution < 1.29 is 9.53 Å². The lowest BCUT2D eigenvalue weighted by Gasteiger charge is -2.30. The Kier molecular flexibility index (Phi) is 4.77. The maximum absolute atomic E-state index is 12.2. The molecule has 0 aromatic heterocycles. The summed E-state index contributed by atoms with van der Waals surface area (Å²) in [6, 6.07) is 7.40. The van der Waals surface area contributed by atoms with Gasteiger partial charge in [0.2, 0.25) is 0 Å². The second-order valence-electron chi connectivity index (χ2n) is 4.31. The Morgan fingerprint density at radius 1 is 1.45 bits per heavy atom. The van der Waals surface area contributed by atoms with Gasteiger partial charge in [-0.05, 0) is 37.7 Å². The number of carbonyl (C=O) groups is 1. The molecular formula is C14H15BrN2O2S. The standard InChI is InChI=1S/C14H15BrN2O2S/c1-3-19-13(18)11-8(2)16-14(20)17-12(11)9-6-4-5-7-10(9)15/h4-7,12H,3H2,1-2H3,(H2,16,17,20)/t12-/m1/s1. The summed E-state index contributed by atoms with van der Waals surface area (Å²) in [5, 5.41) is 6.59. The molecule has 0 unspecified atom stereocenters. The first-order valence-electron chi connectivity index (χ1n) is 6.24. The Bertz CT molecular complexity index is 586. The van der Waals surface area contributed by atoms with Crippen molar-refractivity contribution in [2.24, 2.45) is 0 Å². The molecule has 1 aliphatic rings. The van der Waals surface area contributed by atoms with Crippen LogP contribution in [-0.2, 0) is 9.53 Å². The van der Waals surface area contributed by atoms with Gasteiger partial charge < -0.3 is 15.4 Å². The van der Waals surface area contributed by atoms with Crippen LogP contribution in [0, 0.1) is 0 Å². The van der Waals surface area contributed by atoms with E-state index in [1.807, 2.05) is 31.2 Å². The van der Waals surface area contributed by atoms with E-state index >= 15 is 0 Å². The number of thiocarbonyl (C=S) groups is 1. The molecule has 2 rings (SSSR count). The van der Waals surface area contributed by atoms with E-state index in [1.165, 1.54) is 0 Å². The Hall–Kier alpha value is -1.40. The molecule has 1 heterocycles. The van der Waals surface area contributed by atoms with Gasteiger partial charge in [-0.25, -0.2) is 4.79 Å². The summed E-state index contributed by atoms with van der Waals surface area (Å²) >= 11 is 8.69. The van der Waals surface area contributed by atoms with Crippen molar-refractivity contribution in [2.45, 2.75) is 19.9 Å². The van der Waals surface area contributed by atoms with E-state index in [9.17, 15) is 4.79 Å². The van der Waals surface area contributed by atoms with Crippen LogP contribution in [0.4, 0.5) is 0 Å². The Balaban J connectivity index is 2.48. The van der Waals surface area contributed by atoms with E-state index < -0.39 is 0 Å². The number of hydrogen-bond acceptors (Lipinski definition) is 3. The van der Waals surface area contributed by atoms with E-state index in [0.717, 1.165) is 10.0 Å². The molecule has 4 nitrogen and oxygen atoms in total.